The van der Waals surface area contributed by atoms with E-state index in [1.54, 1.807) is 31.2 Å². The Morgan fingerprint density at radius 3 is 2.37 bits per heavy atom. The molecule has 0 atom stereocenters. The number of amides is 2. The molecular formula is C30H24F3N5O4S. The summed E-state index contributed by atoms with van der Waals surface area (Å²) < 4.78 is 66.7. The van der Waals surface area contributed by atoms with E-state index in [2.05, 4.69) is 20.6 Å². The number of aryl methyl sites for hydroxylation is 2. The second-order valence-electron chi connectivity index (χ2n) is 9.77. The summed E-state index contributed by atoms with van der Waals surface area (Å²) in [6.45, 7) is 3.58. The van der Waals surface area contributed by atoms with E-state index in [1.807, 2.05) is 6.92 Å². The Balaban J connectivity index is 1.33. The van der Waals surface area contributed by atoms with Gasteiger partial charge in [0.2, 0.25) is 5.91 Å². The Hall–Kier alpha value is -5.04. The highest BCUT2D eigenvalue weighted by Crippen LogP contribution is 2.30. The Morgan fingerprint density at radius 2 is 1.65 bits per heavy atom. The molecule has 9 nitrogen and oxygen atoms in total. The number of rotatable bonds is 7. The van der Waals surface area contributed by atoms with Gasteiger partial charge in [0.15, 0.2) is 5.65 Å². The van der Waals surface area contributed by atoms with Crippen LogP contribution in [0.25, 0.3) is 11.0 Å². The number of aromatic nitrogens is 3. The van der Waals surface area contributed by atoms with Crippen LogP contribution in [0.4, 0.5) is 24.5 Å². The highest BCUT2D eigenvalue weighted by molar-refractivity contribution is 7.90. The van der Waals surface area contributed by atoms with Gasteiger partial charge in [-0.15, -0.1) is 0 Å². The number of fused-ring (bicyclic) bond motifs is 1. The summed E-state index contributed by atoms with van der Waals surface area (Å²) in [5.41, 5.74) is 1.48. The molecule has 0 aliphatic carbocycles. The van der Waals surface area contributed by atoms with Crippen LogP contribution in [-0.2, 0) is 27.4 Å². The maximum Gasteiger partial charge on any atom is 0.416 e. The molecule has 0 saturated carbocycles. The summed E-state index contributed by atoms with van der Waals surface area (Å²) >= 11 is 0. The summed E-state index contributed by atoms with van der Waals surface area (Å²) in [4.78, 5) is 34.1. The Morgan fingerprint density at radius 1 is 0.907 bits per heavy atom. The van der Waals surface area contributed by atoms with E-state index >= 15 is 0 Å². The molecule has 13 heteroatoms. The van der Waals surface area contributed by atoms with Crippen molar-refractivity contribution >= 4 is 44.2 Å². The lowest BCUT2D eigenvalue weighted by Crippen LogP contribution is -2.17. The predicted octanol–water partition coefficient (Wildman–Crippen LogP) is 5.74. The molecule has 0 saturated heterocycles. The molecule has 0 bridgehead atoms. The summed E-state index contributed by atoms with van der Waals surface area (Å²) in [6, 6.07) is 16.6. The van der Waals surface area contributed by atoms with Crippen LogP contribution in [0.2, 0.25) is 0 Å². The van der Waals surface area contributed by atoms with E-state index in [0.29, 0.717) is 22.3 Å². The second kappa shape index (κ2) is 11.3. The smallest absolute Gasteiger partial charge is 0.325 e. The van der Waals surface area contributed by atoms with E-state index < -0.39 is 33.6 Å². The first kappa shape index (κ1) is 29.5. The molecule has 0 aliphatic heterocycles. The summed E-state index contributed by atoms with van der Waals surface area (Å²) in [5, 5.41) is 5.68. The summed E-state index contributed by atoms with van der Waals surface area (Å²) in [5.74, 6) is -1.22. The van der Waals surface area contributed by atoms with Crippen molar-refractivity contribution in [1.29, 1.82) is 0 Å². The van der Waals surface area contributed by atoms with Crippen molar-refractivity contribution in [3.63, 3.8) is 0 Å². The van der Waals surface area contributed by atoms with Crippen LogP contribution >= 0.6 is 0 Å². The van der Waals surface area contributed by atoms with Gasteiger partial charge in [-0.05, 0) is 67.9 Å². The third-order valence-corrected chi connectivity index (χ3v) is 8.34. The monoisotopic (exact) mass is 607 g/mol. The molecule has 220 valence electrons. The van der Waals surface area contributed by atoms with Gasteiger partial charge >= 0.3 is 6.18 Å². The topological polar surface area (TPSA) is 123 Å². The van der Waals surface area contributed by atoms with Gasteiger partial charge in [0.1, 0.15) is 6.33 Å². The molecule has 2 amide bonds. The van der Waals surface area contributed by atoms with Gasteiger partial charge in [0.05, 0.1) is 22.6 Å². The number of benzene rings is 3. The van der Waals surface area contributed by atoms with Crippen LogP contribution < -0.4 is 10.6 Å². The van der Waals surface area contributed by atoms with Crippen LogP contribution in [0.1, 0.15) is 32.7 Å². The Bertz CT molecular complexity index is 1970. The highest BCUT2D eigenvalue weighted by Gasteiger charge is 2.31. The molecule has 43 heavy (non-hydrogen) atoms. The number of carbonyl (C=O) groups excluding carboxylic acids is 2. The molecule has 0 unspecified atom stereocenters. The van der Waals surface area contributed by atoms with Crippen LogP contribution in [0, 0.1) is 13.8 Å². The van der Waals surface area contributed by atoms with Gasteiger partial charge in [-0.3, -0.25) is 9.59 Å². The van der Waals surface area contributed by atoms with Gasteiger partial charge in [-0.1, -0.05) is 29.8 Å². The third kappa shape index (κ3) is 6.26. The van der Waals surface area contributed by atoms with Crippen molar-refractivity contribution in [2.45, 2.75) is 31.3 Å². The number of halogens is 3. The van der Waals surface area contributed by atoms with E-state index in [-0.39, 0.29) is 28.2 Å². The molecule has 2 heterocycles. The quantitative estimate of drug-likeness (QED) is 0.243. The molecular weight excluding hydrogens is 583 g/mol. The number of nitrogens with zero attached hydrogens (tertiary/aromatic N) is 3. The van der Waals surface area contributed by atoms with E-state index in [4.69, 9.17) is 0 Å². The zero-order valence-corrected chi connectivity index (χ0v) is 23.6. The third-order valence-electron chi connectivity index (χ3n) is 6.66. The number of carbonyl (C=O) groups is 2. The molecule has 2 N–H and O–H groups in total. The maximum absolute atomic E-state index is 13.2. The molecule has 5 aromatic rings. The first-order chi connectivity index (χ1) is 20.3. The van der Waals surface area contributed by atoms with Crippen molar-refractivity contribution in [3.8, 4) is 0 Å². The van der Waals surface area contributed by atoms with Crippen LogP contribution in [0.15, 0.2) is 90.2 Å². The number of hydrogen-bond donors (Lipinski definition) is 2. The van der Waals surface area contributed by atoms with Gasteiger partial charge in [0.25, 0.3) is 15.9 Å². The lowest BCUT2D eigenvalue weighted by Gasteiger charge is -2.13. The lowest BCUT2D eigenvalue weighted by molar-refractivity contribution is -0.137. The minimum absolute atomic E-state index is 0.0870. The van der Waals surface area contributed by atoms with Gasteiger partial charge in [0, 0.05) is 28.5 Å². The highest BCUT2D eigenvalue weighted by atomic mass is 32.2. The number of hydrogen-bond acceptors (Lipinski definition) is 6. The van der Waals surface area contributed by atoms with Gasteiger partial charge < -0.3 is 10.6 Å². The van der Waals surface area contributed by atoms with Crippen molar-refractivity contribution in [2.75, 3.05) is 10.6 Å². The Kier molecular flexibility index (Phi) is 7.76. The van der Waals surface area contributed by atoms with Crippen LogP contribution in [-0.4, -0.2) is 34.2 Å². The van der Waals surface area contributed by atoms with E-state index in [0.717, 1.165) is 27.7 Å². The van der Waals surface area contributed by atoms with Gasteiger partial charge in [-0.25, -0.2) is 22.4 Å². The zero-order valence-electron chi connectivity index (χ0n) is 22.8. The molecule has 0 radical (unpaired) electrons. The SMILES string of the molecule is Cc1ccc(S(=O)(=O)n2ccc3c(CC(=O)Nc4cc(NC(=O)c5cccc(C(F)(F)F)c5)ccc4C)ncnc32)cc1. The molecule has 2 aromatic heterocycles. The minimum atomic E-state index is -4.59. The first-order valence-corrected chi connectivity index (χ1v) is 14.3. The largest absolute Gasteiger partial charge is 0.416 e. The molecule has 0 spiro atoms. The number of alkyl halides is 3. The fraction of sp³-hybridized carbons (Fsp3) is 0.133. The fourth-order valence-electron chi connectivity index (χ4n) is 4.36. The summed E-state index contributed by atoms with van der Waals surface area (Å²) in [7, 11) is -3.95. The predicted molar refractivity (Wildman–Crippen MR) is 154 cm³/mol. The lowest BCUT2D eigenvalue weighted by atomic mass is 10.1. The van der Waals surface area contributed by atoms with Crippen molar-refractivity contribution in [3.05, 3.63) is 113 Å². The Labute approximate surface area is 244 Å². The van der Waals surface area contributed by atoms with E-state index in [9.17, 15) is 31.2 Å². The van der Waals surface area contributed by atoms with Crippen molar-refractivity contribution in [2.24, 2.45) is 0 Å². The zero-order chi connectivity index (χ0) is 30.9. The normalized spacial score (nSPS) is 11.8. The van der Waals surface area contributed by atoms with Crippen molar-refractivity contribution in [1.82, 2.24) is 13.9 Å². The number of nitrogens with one attached hydrogen (secondary N) is 2. The van der Waals surface area contributed by atoms with Gasteiger partial charge in [-0.2, -0.15) is 13.2 Å². The standard InChI is InChI=1S/C30H24F3N5O4S/c1-18-6-10-23(11-7-18)43(41,42)38-13-12-24-26(34-17-35-28(24)38)16-27(39)37-25-15-22(9-8-19(25)2)36-29(40)20-4-3-5-21(14-20)30(31,32)33/h3-15,17H,16H2,1-2H3,(H,36,40)(H,37,39). The minimum Gasteiger partial charge on any atom is -0.325 e. The van der Waals surface area contributed by atoms with E-state index in [1.165, 1.54) is 42.9 Å². The molecule has 5 rings (SSSR count). The molecule has 0 fully saturated rings. The van der Waals surface area contributed by atoms with Crippen LogP contribution in [0.3, 0.4) is 0 Å². The second-order valence-corrected chi connectivity index (χ2v) is 11.6. The average molecular weight is 608 g/mol. The molecule has 3 aromatic carbocycles. The number of anilines is 2. The average Bonchev–Trinajstić information content (AvgIpc) is 3.41. The fourth-order valence-corrected chi connectivity index (χ4v) is 5.66. The molecule has 0 aliphatic rings. The maximum atomic E-state index is 13.2. The first-order valence-electron chi connectivity index (χ1n) is 12.9. The van der Waals surface area contributed by atoms with Crippen LogP contribution in [0.5, 0.6) is 0 Å². The van der Waals surface area contributed by atoms with Crippen molar-refractivity contribution < 1.29 is 31.2 Å². The summed E-state index contributed by atoms with van der Waals surface area (Å²) in [6.07, 6.45) is -2.27.